The number of benzene rings is 1. The summed E-state index contributed by atoms with van der Waals surface area (Å²) in [6.07, 6.45) is 3.12. The number of aryl methyl sites for hydroxylation is 2. The zero-order valence-electron chi connectivity index (χ0n) is 11.1. The fourth-order valence-corrected chi connectivity index (χ4v) is 2.72. The van der Waals surface area contributed by atoms with Crippen LogP contribution in [0.3, 0.4) is 0 Å². The molecule has 0 aliphatic rings. The summed E-state index contributed by atoms with van der Waals surface area (Å²) in [4.78, 5) is 0. The van der Waals surface area contributed by atoms with Crippen molar-refractivity contribution in [3.8, 4) is 0 Å². The van der Waals surface area contributed by atoms with E-state index in [1.54, 1.807) is 17.8 Å². The average Bonchev–Trinajstić information content (AvgIpc) is 2.24. The summed E-state index contributed by atoms with van der Waals surface area (Å²) < 4.78 is 14.1. The zero-order chi connectivity index (χ0) is 12.8. The Morgan fingerprint density at radius 2 is 2.06 bits per heavy atom. The van der Waals surface area contributed by atoms with Crippen LogP contribution in [0.4, 0.5) is 4.39 Å². The smallest absolute Gasteiger partial charge is 0.128 e. The summed E-state index contributed by atoms with van der Waals surface area (Å²) in [6, 6.07) is 3.80. The van der Waals surface area contributed by atoms with Gasteiger partial charge in [0, 0.05) is 17.4 Å². The highest BCUT2D eigenvalue weighted by Gasteiger charge is 2.17. The lowest BCUT2D eigenvalue weighted by Crippen LogP contribution is -2.26. The quantitative estimate of drug-likeness (QED) is 0.828. The van der Waals surface area contributed by atoms with E-state index in [9.17, 15) is 4.39 Å². The molecule has 3 heteroatoms. The number of thioether (sulfide) groups is 1. The molecule has 1 nitrogen and oxygen atoms in total. The molecule has 1 unspecified atom stereocenters. The van der Waals surface area contributed by atoms with Crippen molar-refractivity contribution >= 4 is 11.8 Å². The molecular weight excluding hydrogens is 233 g/mol. The molecule has 0 aliphatic carbocycles. The van der Waals surface area contributed by atoms with Crippen LogP contribution in [0.25, 0.3) is 0 Å². The van der Waals surface area contributed by atoms with Crippen molar-refractivity contribution in [2.75, 3.05) is 18.6 Å². The maximum atomic E-state index is 14.1. The van der Waals surface area contributed by atoms with E-state index in [1.165, 1.54) is 0 Å². The van der Waals surface area contributed by atoms with Crippen LogP contribution in [-0.4, -0.2) is 18.6 Å². The highest BCUT2D eigenvalue weighted by Crippen LogP contribution is 2.25. The molecule has 0 bridgehead atoms. The molecule has 1 rings (SSSR count). The van der Waals surface area contributed by atoms with E-state index < -0.39 is 0 Å². The summed E-state index contributed by atoms with van der Waals surface area (Å²) in [5.41, 5.74) is 2.87. The number of nitrogens with one attached hydrogen (secondary N) is 1. The minimum absolute atomic E-state index is 0.0786. The first-order valence-electron chi connectivity index (χ1n) is 6.09. The monoisotopic (exact) mass is 255 g/mol. The van der Waals surface area contributed by atoms with Crippen LogP contribution in [0.1, 0.15) is 36.1 Å². The van der Waals surface area contributed by atoms with Crippen LogP contribution < -0.4 is 5.32 Å². The highest BCUT2D eigenvalue weighted by molar-refractivity contribution is 7.98. The summed E-state index contributed by atoms with van der Waals surface area (Å²) >= 11 is 1.75. The van der Waals surface area contributed by atoms with Crippen molar-refractivity contribution in [2.45, 2.75) is 33.2 Å². The Balaban J connectivity index is 3.00. The normalized spacial score (nSPS) is 12.8. The molecular formula is C14H22FNS. The van der Waals surface area contributed by atoms with Gasteiger partial charge in [0.2, 0.25) is 0 Å². The predicted octanol–water partition coefficient (Wildman–Crippen LogP) is 3.85. The van der Waals surface area contributed by atoms with Gasteiger partial charge in [0.1, 0.15) is 5.82 Å². The Morgan fingerprint density at radius 1 is 1.35 bits per heavy atom. The molecule has 1 aromatic carbocycles. The van der Waals surface area contributed by atoms with E-state index in [1.807, 2.05) is 13.8 Å². The molecule has 0 aliphatic heterocycles. The van der Waals surface area contributed by atoms with Crippen LogP contribution in [-0.2, 0) is 0 Å². The molecule has 1 aromatic rings. The van der Waals surface area contributed by atoms with Gasteiger partial charge in [-0.25, -0.2) is 4.39 Å². The van der Waals surface area contributed by atoms with E-state index in [4.69, 9.17) is 0 Å². The Labute approximate surface area is 108 Å². The molecule has 0 saturated heterocycles. The summed E-state index contributed by atoms with van der Waals surface area (Å²) in [7, 11) is 0. The molecule has 1 N–H and O–H groups in total. The van der Waals surface area contributed by atoms with Crippen molar-refractivity contribution in [3.63, 3.8) is 0 Å². The molecule has 0 fully saturated rings. The first-order valence-corrected chi connectivity index (χ1v) is 7.48. The van der Waals surface area contributed by atoms with Gasteiger partial charge in [-0.15, -0.1) is 0 Å². The van der Waals surface area contributed by atoms with Crippen LogP contribution in [0.2, 0.25) is 0 Å². The second-order valence-electron chi connectivity index (χ2n) is 4.44. The third-order valence-corrected chi connectivity index (χ3v) is 3.47. The lowest BCUT2D eigenvalue weighted by atomic mass is 9.99. The lowest BCUT2D eigenvalue weighted by molar-refractivity contribution is 0.529. The van der Waals surface area contributed by atoms with E-state index in [0.29, 0.717) is 0 Å². The summed E-state index contributed by atoms with van der Waals surface area (Å²) in [6.45, 7) is 6.98. The lowest BCUT2D eigenvalue weighted by Gasteiger charge is -2.21. The van der Waals surface area contributed by atoms with Gasteiger partial charge in [-0.1, -0.05) is 13.0 Å². The van der Waals surface area contributed by atoms with Gasteiger partial charge >= 0.3 is 0 Å². The Hall–Kier alpha value is -0.540. The zero-order valence-corrected chi connectivity index (χ0v) is 12.0. The van der Waals surface area contributed by atoms with Crippen molar-refractivity contribution in [1.82, 2.24) is 5.32 Å². The van der Waals surface area contributed by atoms with Gasteiger partial charge in [-0.3, -0.25) is 0 Å². The Kier molecular flexibility index (Phi) is 6.00. The molecule has 96 valence electrons. The Bertz CT molecular complexity index is 342. The molecule has 17 heavy (non-hydrogen) atoms. The van der Waals surface area contributed by atoms with Gasteiger partial charge in [0.15, 0.2) is 0 Å². The number of halogens is 1. The Morgan fingerprint density at radius 3 is 2.59 bits per heavy atom. The van der Waals surface area contributed by atoms with Crippen LogP contribution in [0.15, 0.2) is 12.1 Å². The van der Waals surface area contributed by atoms with Gasteiger partial charge in [0.25, 0.3) is 0 Å². The van der Waals surface area contributed by atoms with Crippen molar-refractivity contribution in [2.24, 2.45) is 0 Å². The molecule has 0 heterocycles. The van der Waals surface area contributed by atoms with Gasteiger partial charge < -0.3 is 5.32 Å². The number of hydrogen-bond donors (Lipinski definition) is 1. The van der Waals surface area contributed by atoms with Gasteiger partial charge in [0.05, 0.1) is 0 Å². The summed E-state index contributed by atoms with van der Waals surface area (Å²) in [5, 5.41) is 3.43. The molecule has 1 atom stereocenters. The third kappa shape index (κ3) is 4.00. The van der Waals surface area contributed by atoms with E-state index in [-0.39, 0.29) is 11.9 Å². The first-order chi connectivity index (χ1) is 8.10. The number of rotatable bonds is 6. The van der Waals surface area contributed by atoms with Gasteiger partial charge in [-0.2, -0.15) is 11.8 Å². The minimum atomic E-state index is -0.0786. The topological polar surface area (TPSA) is 12.0 Å². The van der Waals surface area contributed by atoms with Gasteiger partial charge in [-0.05, 0) is 50.3 Å². The molecule has 0 radical (unpaired) electrons. The van der Waals surface area contributed by atoms with Crippen LogP contribution in [0.5, 0.6) is 0 Å². The minimum Gasteiger partial charge on any atom is -0.309 e. The largest absolute Gasteiger partial charge is 0.309 e. The standard InChI is InChI=1S/C14H22FNS/c1-5-6-16-13(9-17-4)14-11(3)7-10(2)8-12(14)15/h7-8,13,16H,5-6,9H2,1-4H3. The predicted molar refractivity (Wildman–Crippen MR) is 75.3 cm³/mol. The SMILES string of the molecule is CCCNC(CSC)c1c(C)cc(C)cc1F. The highest BCUT2D eigenvalue weighted by atomic mass is 32.2. The van der Waals surface area contributed by atoms with Crippen LogP contribution in [0, 0.1) is 19.7 Å². The molecule has 0 amide bonds. The van der Waals surface area contributed by atoms with E-state index >= 15 is 0 Å². The van der Waals surface area contributed by atoms with Crippen LogP contribution >= 0.6 is 11.8 Å². The fourth-order valence-electron chi connectivity index (χ4n) is 2.10. The fraction of sp³-hybridized carbons (Fsp3) is 0.571. The van der Waals surface area contributed by atoms with Crippen molar-refractivity contribution < 1.29 is 4.39 Å². The maximum Gasteiger partial charge on any atom is 0.128 e. The second kappa shape index (κ2) is 7.02. The average molecular weight is 255 g/mol. The molecule has 0 aromatic heterocycles. The van der Waals surface area contributed by atoms with E-state index in [0.717, 1.165) is 35.4 Å². The molecule has 0 saturated carbocycles. The summed E-state index contributed by atoms with van der Waals surface area (Å²) in [5.74, 6) is 0.825. The van der Waals surface area contributed by atoms with Crippen molar-refractivity contribution in [1.29, 1.82) is 0 Å². The molecule has 0 spiro atoms. The van der Waals surface area contributed by atoms with E-state index in [2.05, 4.69) is 24.6 Å². The van der Waals surface area contributed by atoms with Crippen molar-refractivity contribution in [3.05, 3.63) is 34.6 Å². The second-order valence-corrected chi connectivity index (χ2v) is 5.35. The third-order valence-electron chi connectivity index (χ3n) is 2.80. The number of hydrogen-bond acceptors (Lipinski definition) is 2. The maximum absolute atomic E-state index is 14.1. The first kappa shape index (κ1) is 14.5.